The van der Waals surface area contributed by atoms with Gasteiger partial charge in [0.25, 0.3) is 0 Å². The number of nitrogens with zero attached hydrogens (tertiary/aromatic N) is 2. The summed E-state index contributed by atoms with van der Waals surface area (Å²) in [5.41, 5.74) is 0.966. The minimum absolute atomic E-state index is 0.111. The van der Waals surface area contributed by atoms with Crippen LogP contribution in [-0.4, -0.2) is 60.9 Å². The molecule has 0 spiro atoms. The molecule has 118 valence electrons. The highest BCUT2D eigenvalue weighted by Gasteiger charge is 2.31. The van der Waals surface area contributed by atoms with Gasteiger partial charge in [0.15, 0.2) is 0 Å². The number of halogens is 1. The third-order valence-electron chi connectivity index (χ3n) is 4.34. The van der Waals surface area contributed by atoms with E-state index in [-0.39, 0.29) is 17.7 Å². The van der Waals surface area contributed by atoms with Gasteiger partial charge in [-0.1, -0.05) is 23.7 Å². The fourth-order valence-electron chi connectivity index (χ4n) is 2.79. The topological polar surface area (TPSA) is 52.7 Å². The molecule has 1 aromatic rings. The van der Waals surface area contributed by atoms with E-state index >= 15 is 0 Å². The molecular weight excluding hydrogens is 302 g/mol. The van der Waals surface area contributed by atoms with Crippen molar-refractivity contribution in [1.82, 2.24) is 15.1 Å². The second kappa shape index (κ2) is 6.67. The second-order valence-electron chi connectivity index (χ2n) is 5.86. The second-order valence-corrected chi connectivity index (χ2v) is 6.30. The lowest BCUT2D eigenvalue weighted by atomic mass is 10.0. The lowest BCUT2D eigenvalue weighted by Crippen LogP contribution is -2.57. The maximum Gasteiger partial charge on any atom is 0.228 e. The van der Waals surface area contributed by atoms with Crippen molar-refractivity contribution in [3.05, 3.63) is 34.9 Å². The van der Waals surface area contributed by atoms with Crippen molar-refractivity contribution in [3.63, 3.8) is 0 Å². The van der Waals surface area contributed by atoms with Crippen molar-refractivity contribution < 1.29 is 9.59 Å². The average molecular weight is 322 g/mol. The number of carbonyl (C=O) groups is 2. The molecule has 0 atom stereocenters. The molecule has 2 fully saturated rings. The molecule has 0 aliphatic carbocycles. The van der Waals surface area contributed by atoms with E-state index in [1.165, 1.54) is 0 Å². The van der Waals surface area contributed by atoms with E-state index < -0.39 is 0 Å². The Balaban J connectivity index is 1.49. The molecule has 0 aromatic heterocycles. The van der Waals surface area contributed by atoms with Crippen molar-refractivity contribution in [2.45, 2.75) is 6.42 Å². The Hall–Kier alpha value is -1.59. The van der Waals surface area contributed by atoms with Crippen LogP contribution >= 0.6 is 11.6 Å². The lowest BCUT2D eigenvalue weighted by Gasteiger charge is -2.38. The monoisotopic (exact) mass is 321 g/mol. The van der Waals surface area contributed by atoms with E-state index in [9.17, 15) is 9.59 Å². The quantitative estimate of drug-likeness (QED) is 0.895. The summed E-state index contributed by atoms with van der Waals surface area (Å²) < 4.78 is 0. The normalized spacial score (nSPS) is 19.0. The maximum absolute atomic E-state index is 12.3. The summed E-state index contributed by atoms with van der Waals surface area (Å²) in [6.07, 6.45) is 0.387. The van der Waals surface area contributed by atoms with Crippen LogP contribution in [0.5, 0.6) is 0 Å². The molecule has 0 unspecified atom stereocenters. The van der Waals surface area contributed by atoms with Gasteiger partial charge in [-0.25, -0.2) is 0 Å². The minimum Gasteiger partial charge on any atom is -0.339 e. The highest BCUT2D eigenvalue weighted by atomic mass is 35.5. The van der Waals surface area contributed by atoms with Crippen molar-refractivity contribution in [2.24, 2.45) is 5.92 Å². The highest BCUT2D eigenvalue weighted by Crippen LogP contribution is 2.14. The van der Waals surface area contributed by atoms with Gasteiger partial charge in [-0.15, -0.1) is 0 Å². The molecule has 22 heavy (non-hydrogen) atoms. The lowest BCUT2D eigenvalue weighted by molar-refractivity contribution is -0.143. The van der Waals surface area contributed by atoms with Gasteiger partial charge in [-0.2, -0.15) is 0 Å². The summed E-state index contributed by atoms with van der Waals surface area (Å²) in [6, 6.07) is 7.36. The first-order valence-corrected chi connectivity index (χ1v) is 8.03. The predicted molar refractivity (Wildman–Crippen MR) is 84.7 cm³/mol. The molecule has 1 aromatic carbocycles. The molecule has 3 rings (SSSR count). The summed E-state index contributed by atoms with van der Waals surface area (Å²) in [5, 5.41) is 3.79. The molecule has 0 saturated carbocycles. The van der Waals surface area contributed by atoms with Gasteiger partial charge in [-0.3, -0.25) is 9.59 Å². The highest BCUT2D eigenvalue weighted by molar-refractivity contribution is 6.30. The molecule has 0 radical (unpaired) electrons. The van der Waals surface area contributed by atoms with Crippen molar-refractivity contribution in [2.75, 3.05) is 39.3 Å². The number of rotatable bonds is 3. The molecule has 2 saturated heterocycles. The van der Waals surface area contributed by atoms with E-state index in [2.05, 4.69) is 5.32 Å². The molecule has 2 aliphatic heterocycles. The smallest absolute Gasteiger partial charge is 0.228 e. The van der Waals surface area contributed by atoms with Crippen LogP contribution in [0.1, 0.15) is 5.56 Å². The van der Waals surface area contributed by atoms with Gasteiger partial charge < -0.3 is 15.1 Å². The Morgan fingerprint density at radius 3 is 2.18 bits per heavy atom. The van der Waals surface area contributed by atoms with Crippen molar-refractivity contribution >= 4 is 23.4 Å². The Morgan fingerprint density at radius 1 is 1.05 bits per heavy atom. The summed E-state index contributed by atoms with van der Waals surface area (Å²) in [7, 11) is 0. The third-order valence-corrected chi connectivity index (χ3v) is 4.60. The van der Waals surface area contributed by atoms with E-state index in [0.717, 1.165) is 18.7 Å². The molecule has 5 nitrogen and oxygen atoms in total. The number of benzene rings is 1. The number of amides is 2. The Morgan fingerprint density at radius 2 is 1.64 bits per heavy atom. The van der Waals surface area contributed by atoms with Crippen molar-refractivity contribution in [1.29, 1.82) is 0 Å². The summed E-state index contributed by atoms with van der Waals surface area (Å²) in [6.45, 7) is 4.10. The molecule has 2 amide bonds. The molecule has 2 aliphatic rings. The standard InChI is InChI=1S/C16H20ClN3O2/c17-14-3-1-12(2-4-14)9-15(21)19-5-7-20(8-6-19)16(22)13-10-18-11-13/h1-4,13,18H,5-11H2. The van der Waals surface area contributed by atoms with Crippen molar-refractivity contribution in [3.8, 4) is 0 Å². The van der Waals surface area contributed by atoms with E-state index in [1.54, 1.807) is 12.1 Å². The van der Waals surface area contributed by atoms with Gasteiger partial charge in [0.1, 0.15) is 0 Å². The van der Waals surface area contributed by atoms with Crippen LogP contribution in [0.15, 0.2) is 24.3 Å². The molecule has 0 bridgehead atoms. The zero-order valence-electron chi connectivity index (χ0n) is 12.4. The van der Waals surface area contributed by atoms with Crippen LogP contribution in [-0.2, 0) is 16.0 Å². The van der Waals surface area contributed by atoms with Gasteiger partial charge >= 0.3 is 0 Å². The Bertz CT molecular complexity index is 549. The zero-order valence-corrected chi connectivity index (χ0v) is 13.2. The molecule has 6 heteroatoms. The van der Waals surface area contributed by atoms with Gasteiger partial charge in [0.2, 0.25) is 11.8 Å². The van der Waals surface area contributed by atoms with Crippen LogP contribution in [0.25, 0.3) is 0 Å². The Kier molecular flexibility index (Phi) is 4.64. The number of nitrogens with one attached hydrogen (secondary N) is 1. The SMILES string of the molecule is O=C(Cc1ccc(Cl)cc1)N1CCN(C(=O)C2CNC2)CC1. The first-order valence-electron chi connectivity index (χ1n) is 7.65. The number of hydrogen-bond acceptors (Lipinski definition) is 3. The van der Waals surface area contributed by atoms with E-state index in [4.69, 9.17) is 11.6 Å². The first-order chi connectivity index (χ1) is 10.6. The zero-order chi connectivity index (χ0) is 15.5. The minimum atomic E-state index is 0.111. The third kappa shape index (κ3) is 3.42. The largest absolute Gasteiger partial charge is 0.339 e. The van der Waals surface area contributed by atoms with E-state index in [0.29, 0.717) is 37.6 Å². The maximum atomic E-state index is 12.3. The molecule has 1 N–H and O–H groups in total. The van der Waals surface area contributed by atoms with Crippen LogP contribution in [0.3, 0.4) is 0 Å². The van der Waals surface area contributed by atoms with E-state index in [1.807, 2.05) is 21.9 Å². The van der Waals surface area contributed by atoms with Crippen LogP contribution in [0, 0.1) is 5.92 Å². The first kappa shape index (κ1) is 15.3. The molecular formula is C16H20ClN3O2. The van der Waals surface area contributed by atoms with Gasteiger partial charge in [0.05, 0.1) is 12.3 Å². The van der Waals surface area contributed by atoms with Crippen LogP contribution < -0.4 is 5.32 Å². The predicted octanol–water partition coefficient (Wildman–Crippen LogP) is 0.773. The Labute approximate surface area is 135 Å². The number of hydrogen-bond donors (Lipinski definition) is 1. The molecule has 2 heterocycles. The summed E-state index contributed by atoms with van der Waals surface area (Å²) >= 11 is 5.85. The summed E-state index contributed by atoms with van der Waals surface area (Å²) in [5.74, 6) is 0.472. The fraction of sp³-hybridized carbons (Fsp3) is 0.500. The van der Waals surface area contributed by atoms with Crippen LogP contribution in [0.2, 0.25) is 5.02 Å². The van der Waals surface area contributed by atoms with Gasteiger partial charge in [-0.05, 0) is 17.7 Å². The summed E-state index contributed by atoms with van der Waals surface area (Å²) in [4.78, 5) is 28.2. The number of carbonyl (C=O) groups excluding carboxylic acids is 2. The average Bonchev–Trinajstić information content (AvgIpc) is 2.48. The van der Waals surface area contributed by atoms with Gasteiger partial charge in [0, 0.05) is 44.3 Å². The number of piperazine rings is 1. The fourth-order valence-corrected chi connectivity index (χ4v) is 2.91. The van der Waals surface area contributed by atoms with Crippen LogP contribution in [0.4, 0.5) is 0 Å².